The Morgan fingerprint density at radius 2 is 2.07 bits per heavy atom. The summed E-state index contributed by atoms with van der Waals surface area (Å²) < 4.78 is 5.75. The van der Waals surface area contributed by atoms with Crippen molar-refractivity contribution in [1.29, 1.82) is 0 Å². The van der Waals surface area contributed by atoms with Crippen LogP contribution in [-0.4, -0.2) is 25.8 Å². The fourth-order valence-corrected chi connectivity index (χ4v) is 2.57. The lowest BCUT2D eigenvalue weighted by atomic mass is 9.88. The summed E-state index contributed by atoms with van der Waals surface area (Å²) in [6, 6.07) is 0.424. The molecule has 0 radical (unpaired) electrons. The van der Waals surface area contributed by atoms with Gasteiger partial charge >= 0.3 is 0 Å². The predicted octanol–water partition coefficient (Wildman–Crippen LogP) is 2.50. The maximum Gasteiger partial charge on any atom is 0.0834 e. The van der Waals surface area contributed by atoms with Crippen LogP contribution in [0.25, 0.3) is 0 Å². The van der Waals surface area contributed by atoms with Crippen molar-refractivity contribution in [3.8, 4) is 0 Å². The lowest BCUT2D eigenvalue weighted by Crippen LogP contribution is -2.49. The molecule has 2 nitrogen and oxygen atoms in total. The third-order valence-electron chi connectivity index (χ3n) is 3.39. The Hall–Kier alpha value is -0.340. The molecule has 0 amide bonds. The zero-order chi connectivity index (χ0) is 10.6. The van der Waals surface area contributed by atoms with Crippen molar-refractivity contribution in [2.45, 2.75) is 50.7 Å². The molecule has 0 heterocycles. The van der Waals surface area contributed by atoms with Crippen molar-refractivity contribution < 1.29 is 4.74 Å². The SMILES string of the molecule is C=C(C)CC(NC)C1(OC)CCCC1. The van der Waals surface area contributed by atoms with Gasteiger partial charge in [-0.25, -0.2) is 0 Å². The van der Waals surface area contributed by atoms with Gasteiger partial charge in [0, 0.05) is 13.2 Å². The molecule has 0 aliphatic heterocycles. The summed E-state index contributed by atoms with van der Waals surface area (Å²) in [6.07, 6.45) is 5.97. The Bertz CT molecular complexity index is 194. The zero-order valence-corrected chi connectivity index (χ0v) is 9.73. The van der Waals surface area contributed by atoms with E-state index in [1.54, 1.807) is 0 Å². The van der Waals surface area contributed by atoms with Crippen LogP contribution in [0.1, 0.15) is 39.0 Å². The Morgan fingerprint density at radius 3 is 2.43 bits per heavy atom. The minimum Gasteiger partial charge on any atom is -0.377 e. The molecular formula is C12H23NO. The largest absolute Gasteiger partial charge is 0.377 e. The van der Waals surface area contributed by atoms with Crippen LogP contribution in [0.2, 0.25) is 0 Å². The first-order valence-electron chi connectivity index (χ1n) is 5.51. The van der Waals surface area contributed by atoms with Crippen molar-refractivity contribution in [3.05, 3.63) is 12.2 Å². The molecule has 0 aromatic carbocycles. The van der Waals surface area contributed by atoms with E-state index in [9.17, 15) is 0 Å². The molecule has 1 saturated carbocycles. The fourth-order valence-electron chi connectivity index (χ4n) is 2.57. The van der Waals surface area contributed by atoms with Crippen molar-refractivity contribution in [2.75, 3.05) is 14.2 Å². The lowest BCUT2D eigenvalue weighted by Gasteiger charge is -2.36. The molecule has 0 aromatic rings. The normalized spacial score (nSPS) is 22.2. The van der Waals surface area contributed by atoms with Gasteiger partial charge in [-0.3, -0.25) is 0 Å². The van der Waals surface area contributed by atoms with Gasteiger partial charge in [0.05, 0.1) is 5.60 Å². The van der Waals surface area contributed by atoms with Crippen molar-refractivity contribution in [3.63, 3.8) is 0 Å². The van der Waals surface area contributed by atoms with E-state index in [2.05, 4.69) is 18.8 Å². The molecule has 82 valence electrons. The first kappa shape index (κ1) is 11.7. The van der Waals surface area contributed by atoms with E-state index in [1.807, 2.05) is 14.2 Å². The maximum absolute atomic E-state index is 5.75. The van der Waals surface area contributed by atoms with Gasteiger partial charge in [0.1, 0.15) is 0 Å². The number of rotatable bonds is 5. The standard InChI is InChI=1S/C12H23NO/c1-10(2)9-11(13-3)12(14-4)7-5-6-8-12/h11,13H,1,5-9H2,2-4H3. The molecule has 1 rings (SSSR count). The molecule has 1 aliphatic carbocycles. The second kappa shape index (κ2) is 4.94. The highest BCUT2D eigenvalue weighted by Gasteiger charge is 2.40. The van der Waals surface area contributed by atoms with E-state index in [4.69, 9.17) is 4.74 Å². The van der Waals surface area contributed by atoms with Crippen molar-refractivity contribution >= 4 is 0 Å². The second-order valence-electron chi connectivity index (χ2n) is 4.48. The molecule has 1 fully saturated rings. The summed E-state index contributed by atoms with van der Waals surface area (Å²) in [5, 5.41) is 3.38. The second-order valence-corrected chi connectivity index (χ2v) is 4.48. The third kappa shape index (κ3) is 2.37. The van der Waals surface area contributed by atoms with Crippen LogP contribution >= 0.6 is 0 Å². The zero-order valence-electron chi connectivity index (χ0n) is 9.73. The highest BCUT2D eigenvalue weighted by molar-refractivity contribution is 5.03. The van der Waals surface area contributed by atoms with E-state index in [-0.39, 0.29) is 5.60 Å². The summed E-state index contributed by atoms with van der Waals surface area (Å²) in [4.78, 5) is 0. The summed E-state index contributed by atoms with van der Waals surface area (Å²) in [5.41, 5.74) is 1.29. The van der Waals surface area contributed by atoms with Crippen LogP contribution in [-0.2, 0) is 4.74 Å². The van der Waals surface area contributed by atoms with E-state index < -0.39 is 0 Å². The van der Waals surface area contributed by atoms with E-state index >= 15 is 0 Å². The average molecular weight is 197 g/mol. The summed E-state index contributed by atoms with van der Waals surface area (Å²) in [7, 11) is 3.86. The van der Waals surface area contributed by atoms with E-state index in [0.29, 0.717) is 6.04 Å². The minimum absolute atomic E-state index is 0.0632. The fraction of sp³-hybridized carbons (Fsp3) is 0.833. The molecule has 1 atom stereocenters. The number of hydrogen-bond donors (Lipinski definition) is 1. The summed E-state index contributed by atoms with van der Waals surface area (Å²) >= 11 is 0. The lowest BCUT2D eigenvalue weighted by molar-refractivity contribution is -0.0336. The van der Waals surface area contributed by atoms with Gasteiger partial charge in [0.25, 0.3) is 0 Å². The Labute approximate surface area is 87.7 Å². The Kier molecular flexibility index (Phi) is 4.14. The molecule has 1 aliphatic rings. The molecular weight excluding hydrogens is 174 g/mol. The van der Waals surface area contributed by atoms with Crippen molar-refractivity contribution in [1.82, 2.24) is 5.32 Å². The monoisotopic (exact) mass is 197 g/mol. The first-order chi connectivity index (χ1) is 6.64. The molecule has 0 aromatic heterocycles. The summed E-state index contributed by atoms with van der Waals surface area (Å²) in [6.45, 7) is 6.07. The molecule has 0 spiro atoms. The van der Waals surface area contributed by atoms with Gasteiger partial charge in [-0.2, -0.15) is 0 Å². The molecule has 1 unspecified atom stereocenters. The van der Waals surface area contributed by atoms with Crippen LogP contribution in [0.4, 0.5) is 0 Å². The predicted molar refractivity (Wildman–Crippen MR) is 60.5 cm³/mol. The smallest absolute Gasteiger partial charge is 0.0834 e. The van der Waals surface area contributed by atoms with E-state index in [0.717, 1.165) is 6.42 Å². The van der Waals surface area contributed by atoms with Crippen LogP contribution < -0.4 is 5.32 Å². The van der Waals surface area contributed by atoms with Gasteiger partial charge in [0.2, 0.25) is 0 Å². The van der Waals surface area contributed by atoms with Gasteiger partial charge < -0.3 is 10.1 Å². The number of nitrogens with one attached hydrogen (secondary N) is 1. The molecule has 2 heteroatoms. The third-order valence-corrected chi connectivity index (χ3v) is 3.39. The molecule has 0 bridgehead atoms. The Morgan fingerprint density at radius 1 is 1.50 bits per heavy atom. The number of ether oxygens (including phenoxy) is 1. The van der Waals surface area contributed by atoms with Crippen LogP contribution in [0, 0.1) is 0 Å². The number of methoxy groups -OCH3 is 1. The topological polar surface area (TPSA) is 21.3 Å². The van der Waals surface area contributed by atoms with Crippen LogP contribution in [0.5, 0.6) is 0 Å². The molecule has 14 heavy (non-hydrogen) atoms. The van der Waals surface area contributed by atoms with Crippen molar-refractivity contribution in [2.24, 2.45) is 0 Å². The van der Waals surface area contributed by atoms with Gasteiger partial charge in [-0.1, -0.05) is 18.4 Å². The van der Waals surface area contributed by atoms with Gasteiger partial charge in [0.15, 0.2) is 0 Å². The highest BCUT2D eigenvalue weighted by atomic mass is 16.5. The van der Waals surface area contributed by atoms with E-state index in [1.165, 1.54) is 31.3 Å². The van der Waals surface area contributed by atoms with Crippen LogP contribution in [0.15, 0.2) is 12.2 Å². The average Bonchev–Trinajstić information content (AvgIpc) is 2.63. The molecule has 0 saturated heterocycles. The van der Waals surface area contributed by atoms with Crippen LogP contribution in [0.3, 0.4) is 0 Å². The number of hydrogen-bond acceptors (Lipinski definition) is 2. The Balaban J connectivity index is 2.68. The minimum atomic E-state index is 0.0632. The quantitative estimate of drug-likeness (QED) is 0.684. The highest BCUT2D eigenvalue weighted by Crippen LogP contribution is 2.37. The van der Waals surface area contributed by atoms with Gasteiger partial charge in [-0.15, -0.1) is 6.58 Å². The maximum atomic E-state index is 5.75. The number of likely N-dealkylation sites (N-methyl/N-ethyl adjacent to an activating group) is 1. The molecule has 1 N–H and O–H groups in total. The van der Waals surface area contributed by atoms with Gasteiger partial charge in [-0.05, 0) is 33.2 Å². The first-order valence-corrected chi connectivity index (χ1v) is 5.51. The summed E-state index contributed by atoms with van der Waals surface area (Å²) in [5.74, 6) is 0.